The molecule has 22 heavy (non-hydrogen) atoms. The molecular formula is C14H21N5O2S. The third kappa shape index (κ3) is 3.68. The molecule has 0 aliphatic heterocycles. The first kappa shape index (κ1) is 16.5. The number of thioether (sulfide) groups is 1. The zero-order chi connectivity index (χ0) is 16.5. The van der Waals surface area contributed by atoms with Crippen molar-refractivity contribution in [2.45, 2.75) is 57.0 Å². The third-order valence-electron chi connectivity index (χ3n) is 3.11. The maximum atomic E-state index is 11.1. The van der Waals surface area contributed by atoms with Crippen molar-refractivity contribution in [1.29, 1.82) is 0 Å². The number of aromatic nitrogens is 4. The molecule has 1 atom stereocenters. The van der Waals surface area contributed by atoms with Crippen molar-refractivity contribution in [3.05, 3.63) is 23.7 Å². The Kier molecular flexibility index (Phi) is 4.60. The van der Waals surface area contributed by atoms with Crippen molar-refractivity contribution < 1.29 is 9.21 Å². The van der Waals surface area contributed by atoms with Gasteiger partial charge in [-0.15, -0.1) is 10.2 Å². The van der Waals surface area contributed by atoms with Crippen LogP contribution in [-0.2, 0) is 16.8 Å². The Balaban J connectivity index is 2.17. The van der Waals surface area contributed by atoms with E-state index in [1.54, 1.807) is 17.7 Å². The Morgan fingerprint density at radius 3 is 2.68 bits per heavy atom. The zero-order valence-corrected chi connectivity index (χ0v) is 14.3. The highest BCUT2D eigenvalue weighted by atomic mass is 32.2. The molecule has 7 nitrogen and oxygen atoms in total. The SMILES string of the molecule is Cc1nnc(S[C@@H](C)c2ncc(C(C)(C)C)o2)n1CC(N)=O. The highest BCUT2D eigenvalue weighted by Gasteiger charge is 2.23. The van der Waals surface area contributed by atoms with Gasteiger partial charge in [0.2, 0.25) is 11.8 Å². The monoisotopic (exact) mass is 323 g/mol. The first-order chi connectivity index (χ1) is 10.2. The van der Waals surface area contributed by atoms with Crippen LogP contribution < -0.4 is 5.73 Å². The van der Waals surface area contributed by atoms with Crippen LogP contribution in [0.1, 0.15) is 50.4 Å². The van der Waals surface area contributed by atoms with Crippen molar-refractivity contribution >= 4 is 17.7 Å². The first-order valence-corrected chi connectivity index (χ1v) is 7.87. The molecule has 0 saturated carbocycles. The molecule has 0 fully saturated rings. The van der Waals surface area contributed by atoms with E-state index in [1.807, 2.05) is 6.92 Å². The van der Waals surface area contributed by atoms with Crippen LogP contribution in [-0.4, -0.2) is 25.7 Å². The number of primary amides is 1. The molecule has 8 heteroatoms. The normalized spacial score (nSPS) is 13.3. The molecule has 0 spiro atoms. The van der Waals surface area contributed by atoms with Gasteiger partial charge in [-0.1, -0.05) is 32.5 Å². The topological polar surface area (TPSA) is 99.8 Å². The average molecular weight is 323 g/mol. The molecule has 0 unspecified atom stereocenters. The van der Waals surface area contributed by atoms with E-state index in [9.17, 15) is 4.79 Å². The second-order valence-electron chi connectivity index (χ2n) is 6.16. The summed E-state index contributed by atoms with van der Waals surface area (Å²) in [6, 6.07) is 0. The fourth-order valence-electron chi connectivity index (χ4n) is 1.82. The number of hydrogen-bond donors (Lipinski definition) is 1. The van der Waals surface area contributed by atoms with Crippen LogP contribution in [0, 0.1) is 6.92 Å². The standard InChI is InChI=1S/C14H21N5O2S/c1-8(12-16-6-10(21-12)14(3,4)5)22-13-18-17-9(2)19(13)7-11(15)20/h6,8H,7H2,1-5H3,(H2,15,20)/t8-/m0/s1. The number of carbonyl (C=O) groups excluding carboxylic acids is 1. The minimum absolute atomic E-state index is 0.0497. The summed E-state index contributed by atoms with van der Waals surface area (Å²) in [6.45, 7) is 10.0. The number of nitrogens with zero attached hydrogens (tertiary/aromatic N) is 4. The highest BCUT2D eigenvalue weighted by Crippen LogP contribution is 2.35. The summed E-state index contributed by atoms with van der Waals surface area (Å²) in [6.07, 6.45) is 1.76. The molecule has 0 aromatic carbocycles. The molecular weight excluding hydrogens is 302 g/mol. The second kappa shape index (κ2) is 6.12. The summed E-state index contributed by atoms with van der Waals surface area (Å²) < 4.78 is 7.52. The van der Waals surface area contributed by atoms with Crippen LogP contribution >= 0.6 is 11.8 Å². The van der Waals surface area contributed by atoms with Gasteiger partial charge in [0, 0.05) is 5.41 Å². The van der Waals surface area contributed by atoms with Gasteiger partial charge < -0.3 is 10.2 Å². The van der Waals surface area contributed by atoms with Gasteiger partial charge in [-0.2, -0.15) is 0 Å². The summed E-state index contributed by atoms with van der Waals surface area (Å²) in [4.78, 5) is 15.5. The minimum atomic E-state index is -0.427. The summed E-state index contributed by atoms with van der Waals surface area (Å²) in [5.41, 5.74) is 5.17. The number of amides is 1. The van der Waals surface area contributed by atoms with Crippen LogP contribution in [0.15, 0.2) is 15.8 Å². The van der Waals surface area contributed by atoms with Crippen molar-refractivity contribution in [3.63, 3.8) is 0 Å². The van der Waals surface area contributed by atoms with Crippen LogP contribution in [0.3, 0.4) is 0 Å². The van der Waals surface area contributed by atoms with E-state index < -0.39 is 5.91 Å². The van der Waals surface area contributed by atoms with E-state index in [1.165, 1.54) is 11.8 Å². The van der Waals surface area contributed by atoms with E-state index in [4.69, 9.17) is 10.2 Å². The molecule has 0 aliphatic rings. The molecule has 0 bridgehead atoms. The van der Waals surface area contributed by atoms with E-state index >= 15 is 0 Å². The number of rotatable bonds is 5. The van der Waals surface area contributed by atoms with Crippen LogP contribution in [0.4, 0.5) is 0 Å². The molecule has 1 amide bonds. The predicted molar refractivity (Wildman–Crippen MR) is 83.4 cm³/mol. The number of nitrogens with two attached hydrogens (primary N) is 1. The van der Waals surface area contributed by atoms with Gasteiger partial charge in [0.1, 0.15) is 18.1 Å². The fraction of sp³-hybridized carbons (Fsp3) is 0.571. The van der Waals surface area contributed by atoms with Crippen LogP contribution in [0.5, 0.6) is 0 Å². The summed E-state index contributed by atoms with van der Waals surface area (Å²) in [5.74, 6) is 1.69. The predicted octanol–water partition coefficient (Wildman–Crippen LogP) is 2.21. The molecule has 0 aliphatic carbocycles. The fourth-order valence-corrected chi connectivity index (χ4v) is 2.76. The van der Waals surface area contributed by atoms with Crippen molar-refractivity contribution in [3.8, 4) is 0 Å². The van der Waals surface area contributed by atoms with Gasteiger partial charge in [0.15, 0.2) is 5.16 Å². The van der Waals surface area contributed by atoms with Crippen LogP contribution in [0.25, 0.3) is 0 Å². The number of carbonyl (C=O) groups is 1. The van der Waals surface area contributed by atoms with E-state index in [0.29, 0.717) is 16.9 Å². The lowest BCUT2D eigenvalue weighted by atomic mass is 9.94. The Morgan fingerprint density at radius 1 is 1.45 bits per heavy atom. The quantitative estimate of drug-likeness (QED) is 0.847. The van der Waals surface area contributed by atoms with Gasteiger partial charge in [0.25, 0.3) is 0 Å². The summed E-state index contributed by atoms with van der Waals surface area (Å²) in [7, 11) is 0. The van der Waals surface area contributed by atoms with E-state index in [0.717, 1.165) is 5.76 Å². The lowest BCUT2D eigenvalue weighted by Gasteiger charge is -2.14. The maximum Gasteiger partial charge on any atom is 0.237 e. The number of aryl methyl sites for hydroxylation is 1. The van der Waals surface area contributed by atoms with Gasteiger partial charge in [0.05, 0.1) is 11.4 Å². The average Bonchev–Trinajstić information content (AvgIpc) is 2.99. The third-order valence-corrected chi connectivity index (χ3v) is 4.18. The summed E-state index contributed by atoms with van der Waals surface area (Å²) in [5, 5.41) is 8.66. The smallest absolute Gasteiger partial charge is 0.237 e. The molecule has 0 saturated heterocycles. The van der Waals surface area contributed by atoms with E-state index in [-0.39, 0.29) is 17.2 Å². The van der Waals surface area contributed by atoms with Crippen molar-refractivity contribution in [2.24, 2.45) is 5.73 Å². The second-order valence-corrected chi connectivity index (χ2v) is 7.46. The van der Waals surface area contributed by atoms with Gasteiger partial charge >= 0.3 is 0 Å². The molecule has 120 valence electrons. The lowest BCUT2D eigenvalue weighted by Crippen LogP contribution is -2.20. The molecule has 2 heterocycles. The molecule has 0 radical (unpaired) electrons. The molecule has 2 aromatic heterocycles. The zero-order valence-electron chi connectivity index (χ0n) is 13.5. The Labute approximate surface area is 133 Å². The highest BCUT2D eigenvalue weighted by molar-refractivity contribution is 7.99. The van der Waals surface area contributed by atoms with E-state index in [2.05, 4.69) is 36.0 Å². The molecule has 2 N–H and O–H groups in total. The molecule has 2 aromatic rings. The Bertz CT molecular complexity index is 671. The van der Waals surface area contributed by atoms with Crippen molar-refractivity contribution in [1.82, 2.24) is 19.7 Å². The largest absolute Gasteiger partial charge is 0.444 e. The van der Waals surface area contributed by atoms with Crippen molar-refractivity contribution in [2.75, 3.05) is 0 Å². The molecule has 2 rings (SSSR count). The Hall–Kier alpha value is -1.83. The first-order valence-electron chi connectivity index (χ1n) is 6.99. The van der Waals surface area contributed by atoms with Gasteiger partial charge in [-0.3, -0.25) is 9.36 Å². The maximum absolute atomic E-state index is 11.1. The van der Waals surface area contributed by atoms with Gasteiger partial charge in [-0.05, 0) is 13.8 Å². The van der Waals surface area contributed by atoms with Gasteiger partial charge in [-0.25, -0.2) is 4.98 Å². The Morgan fingerprint density at radius 2 is 2.14 bits per heavy atom. The lowest BCUT2D eigenvalue weighted by molar-refractivity contribution is -0.118. The number of hydrogen-bond acceptors (Lipinski definition) is 6. The number of oxazole rings is 1. The van der Waals surface area contributed by atoms with Crippen LogP contribution in [0.2, 0.25) is 0 Å². The summed E-state index contributed by atoms with van der Waals surface area (Å²) >= 11 is 1.44. The minimum Gasteiger partial charge on any atom is -0.444 e.